The average Bonchev–Trinajstić information content (AvgIpc) is 3.38. The van der Waals surface area contributed by atoms with Gasteiger partial charge < -0.3 is 10.4 Å². The number of rotatable bonds is 3. The van der Waals surface area contributed by atoms with E-state index in [1.165, 1.54) is 18.4 Å². The third-order valence-electron chi connectivity index (χ3n) is 7.24. The lowest BCUT2D eigenvalue weighted by atomic mass is 9.52. The summed E-state index contributed by atoms with van der Waals surface area (Å²) < 4.78 is 0. The zero-order valence-electron chi connectivity index (χ0n) is 14.5. The van der Waals surface area contributed by atoms with Gasteiger partial charge in [0.15, 0.2) is 0 Å². The number of hydrogen-bond acceptors (Lipinski definition) is 3. The second kappa shape index (κ2) is 5.32. The molecule has 2 unspecified atom stereocenters. The Morgan fingerprint density at radius 2 is 1.80 bits per heavy atom. The highest BCUT2D eigenvalue weighted by Crippen LogP contribution is 2.56. The van der Waals surface area contributed by atoms with Gasteiger partial charge in [-0.15, -0.1) is 0 Å². The number of aliphatic imine (C=N–C) groups is 1. The van der Waals surface area contributed by atoms with Crippen molar-refractivity contribution in [1.29, 1.82) is 5.26 Å². The Balaban J connectivity index is 1.43. The van der Waals surface area contributed by atoms with E-state index in [1.54, 1.807) is 0 Å². The van der Waals surface area contributed by atoms with Gasteiger partial charge in [0, 0.05) is 6.04 Å². The molecule has 130 valence electrons. The molecule has 0 spiro atoms. The first-order valence-electron chi connectivity index (χ1n) is 9.64. The predicted molar refractivity (Wildman–Crippen MR) is 95.8 cm³/mol. The number of benzene rings is 1. The van der Waals surface area contributed by atoms with Crippen molar-refractivity contribution in [2.75, 3.05) is 0 Å². The smallest absolute Gasteiger partial charge is 0.207 e. The van der Waals surface area contributed by atoms with Crippen LogP contribution in [0.1, 0.15) is 50.5 Å². The molecule has 2 N–H and O–H groups in total. The molecule has 0 saturated heterocycles. The summed E-state index contributed by atoms with van der Waals surface area (Å²) in [6, 6.07) is 10.8. The van der Waals surface area contributed by atoms with E-state index in [0.29, 0.717) is 23.8 Å². The van der Waals surface area contributed by atoms with Crippen molar-refractivity contribution in [3.8, 4) is 6.19 Å². The third-order valence-corrected chi connectivity index (χ3v) is 7.24. The molecule has 6 rings (SSSR count). The lowest BCUT2D eigenvalue weighted by Crippen LogP contribution is -2.62. The van der Waals surface area contributed by atoms with Crippen LogP contribution in [-0.4, -0.2) is 22.6 Å². The summed E-state index contributed by atoms with van der Waals surface area (Å²) in [5.41, 5.74) is 0.749. The SMILES string of the molecule is N#C/N=C(\NC1C2CC3CC1CC(O)(C3)C2)C1(c2ccccc2)CC1. The Bertz CT molecular complexity index is 730. The van der Waals surface area contributed by atoms with Crippen molar-refractivity contribution in [2.24, 2.45) is 22.7 Å². The number of hydrogen-bond donors (Lipinski definition) is 2. The van der Waals surface area contributed by atoms with Crippen molar-refractivity contribution in [3.63, 3.8) is 0 Å². The van der Waals surface area contributed by atoms with Crippen molar-refractivity contribution in [3.05, 3.63) is 35.9 Å². The van der Waals surface area contributed by atoms with E-state index in [1.807, 2.05) is 12.3 Å². The Morgan fingerprint density at radius 3 is 2.36 bits per heavy atom. The van der Waals surface area contributed by atoms with Gasteiger partial charge in [-0.2, -0.15) is 10.3 Å². The Kier molecular flexibility index (Phi) is 3.27. The summed E-state index contributed by atoms with van der Waals surface area (Å²) >= 11 is 0. The number of amidine groups is 1. The van der Waals surface area contributed by atoms with E-state index < -0.39 is 5.60 Å². The Labute approximate surface area is 149 Å². The summed E-state index contributed by atoms with van der Waals surface area (Å²) in [4.78, 5) is 4.25. The summed E-state index contributed by atoms with van der Waals surface area (Å²) in [5.74, 6) is 2.60. The largest absolute Gasteiger partial charge is 0.390 e. The van der Waals surface area contributed by atoms with Crippen LogP contribution in [0.25, 0.3) is 0 Å². The summed E-state index contributed by atoms with van der Waals surface area (Å²) in [5, 5.41) is 23.8. The molecule has 1 aromatic rings. The third kappa shape index (κ3) is 2.40. The van der Waals surface area contributed by atoms with Gasteiger partial charge in [0.2, 0.25) is 6.19 Å². The zero-order valence-corrected chi connectivity index (χ0v) is 14.5. The van der Waals surface area contributed by atoms with Crippen LogP contribution < -0.4 is 5.32 Å². The average molecular weight is 335 g/mol. The first-order valence-corrected chi connectivity index (χ1v) is 9.64. The molecule has 2 atom stereocenters. The van der Waals surface area contributed by atoms with Crippen LogP contribution >= 0.6 is 0 Å². The normalized spacial score (nSPS) is 40.6. The van der Waals surface area contributed by atoms with E-state index in [9.17, 15) is 10.4 Å². The molecule has 0 aromatic heterocycles. The molecule has 5 aliphatic rings. The van der Waals surface area contributed by atoms with Crippen LogP contribution in [0.2, 0.25) is 0 Å². The number of nitrogens with one attached hydrogen (secondary N) is 1. The Hall–Kier alpha value is -1.86. The molecule has 4 heteroatoms. The van der Waals surface area contributed by atoms with Crippen LogP contribution in [0, 0.1) is 29.2 Å². The van der Waals surface area contributed by atoms with Gasteiger partial charge in [-0.3, -0.25) is 0 Å². The van der Waals surface area contributed by atoms with Crippen LogP contribution in [0.3, 0.4) is 0 Å². The fraction of sp³-hybridized carbons (Fsp3) is 0.619. The molecular weight excluding hydrogens is 310 g/mol. The summed E-state index contributed by atoms with van der Waals surface area (Å²) in [6.45, 7) is 0. The van der Waals surface area contributed by atoms with E-state index >= 15 is 0 Å². The van der Waals surface area contributed by atoms with E-state index in [2.05, 4.69) is 34.6 Å². The lowest BCUT2D eigenvalue weighted by molar-refractivity contribution is -0.136. The molecule has 4 bridgehead atoms. The molecule has 25 heavy (non-hydrogen) atoms. The zero-order chi connectivity index (χ0) is 17.1. The number of nitriles is 1. The minimum absolute atomic E-state index is 0.0947. The van der Waals surface area contributed by atoms with Crippen LogP contribution in [0.4, 0.5) is 0 Å². The van der Waals surface area contributed by atoms with Crippen molar-refractivity contribution >= 4 is 5.84 Å². The lowest BCUT2D eigenvalue weighted by Gasteiger charge is -2.58. The molecule has 0 radical (unpaired) electrons. The minimum atomic E-state index is -0.419. The standard InChI is InChI=1S/C21H25N3O/c22-13-23-19(21(6-7-21)17-4-2-1-3-5-17)24-18-15-8-14-9-16(18)12-20(25,10-14)11-15/h1-5,14-16,18,25H,6-12H2,(H,23,24). The van der Waals surface area contributed by atoms with Crippen LogP contribution in [0.15, 0.2) is 35.3 Å². The van der Waals surface area contributed by atoms with Gasteiger partial charge >= 0.3 is 0 Å². The predicted octanol–water partition coefficient (Wildman–Crippen LogP) is 3.13. The molecule has 0 aliphatic heterocycles. The molecule has 4 nitrogen and oxygen atoms in total. The summed E-state index contributed by atoms with van der Waals surface area (Å²) in [6.07, 6.45) is 9.41. The van der Waals surface area contributed by atoms with E-state index in [0.717, 1.165) is 37.9 Å². The quantitative estimate of drug-likeness (QED) is 0.506. The molecule has 1 aromatic carbocycles. The van der Waals surface area contributed by atoms with Crippen molar-refractivity contribution in [1.82, 2.24) is 5.32 Å². The fourth-order valence-electron chi connectivity index (χ4n) is 6.25. The highest BCUT2D eigenvalue weighted by Gasteiger charge is 2.57. The first kappa shape index (κ1) is 15.4. The molecule has 5 saturated carbocycles. The fourth-order valence-corrected chi connectivity index (χ4v) is 6.25. The first-order chi connectivity index (χ1) is 12.1. The molecule has 0 heterocycles. The van der Waals surface area contributed by atoms with Gasteiger partial charge in [0.05, 0.1) is 11.0 Å². The van der Waals surface area contributed by atoms with Crippen molar-refractivity contribution in [2.45, 2.75) is 62.0 Å². The van der Waals surface area contributed by atoms with Crippen LogP contribution in [0.5, 0.6) is 0 Å². The highest BCUT2D eigenvalue weighted by atomic mass is 16.3. The number of nitrogens with zero attached hydrogens (tertiary/aromatic N) is 2. The summed E-state index contributed by atoms with van der Waals surface area (Å²) in [7, 11) is 0. The topological polar surface area (TPSA) is 68.4 Å². The van der Waals surface area contributed by atoms with Gasteiger partial charge in [0.1, 0.15) is 5.84 Å². The maximum Gasteiger partial charge on any atom is 0.207 e. The van der Waals surface area contributed by atoms with Gasteiger partial charge in [-0.25, -0.2) is 0 Å². The number of aliphatic hydroxyl groups is 1. The highest BCUT2D eigenvalue weighted by molar-refractivity contribution is 5.96. The molecule has 0 amide bonds. The minimum Gasteiger partial charge on any atom is -0.390 e. The van der Waals surface area contributed by atoms with Crippen molar-refractivity contribution < 1.29 is 5.11 Å². The van der Waals surface area contributed by atoms with Gasteiger partial charge in [0.25, 0.3) is 0 Å². The molecular formula is C21H25N3O. The monoisotopic (exact) mass is 335 g/mol. The molecule has 5 aliphatic carbocycles. The van der Waals surface area contributed by atoms with Gasteiger partial charge in [-0.05, 0) is 68.3 Å². The van der Waals surface area contributed by atoms with E-state index in [-0.39, 0.29) is 5.41 Å². The molecule has 5 fully saturated rings. The maximum absolute atomic E-state index is 10.8. The van der Waals surface area contributed by atoms with Gasteiger partial charge in [-0.1, -0.05) is 30.3 Å². The van der Waals surface area contributed by atoms with Crippen LogP contribution in [-0.2, 0) is 5.41 Å². The van der Waals surface area contributed by atoms with E-state index in [4.69, 9.17) is 0 Å². The second-order valence-electron chi connectivity index (χ2n) is 8.87. The second-order valence-corrected chi connectivity index (χ2v) is 8.87. The maximum atomic E-state index is 10.8. The Morgan fingerprint density at radius 1 is 1.12 bits per heavy atom.